The molecule has 2 aliphatic rings. The molecule has 2 aliphatic heterocycles. The molecule has 184 valence electrons. The minimum atomic E-state index is -0.542. The van der Waals surface area contributed by atoms with Crippen LogP contribution in [0.25, 0.3) is 10.9 Å². The highest BCUT2D eigenvalue weighted by atomic mass is 19.1. The molecule has 2 fully saturated rings. The monoisotopic (exact) mass is 481 g/mol. The molecule has 0 atom stereocenters. The number of nitrogens with zero attached hydrogens (tertiary/aromatic N) is 4. The van der Waals surface area contributed by atoms with Crippen LogP contribution in [0, 0.1) is 5.82 Å². The number of aromatic hydroxyl groups is 1. The van der Waals surface area contributed by atoms with Gasteiger partial charge in [-0.2, -0.15) is 0 Å². The van der Waals surface area contributed by atoms with Crippen LogP contribution >= 0.6 is 0 Å². The fourth-order valence-electron chi connectivity index (χ4n) is 4.93. The molecule has 35 heavy (non-hydrogen) atoms. The molecule has 1 spiro atoms. The molecule has 0 bridgehead atoms. The van der Waals surface area contributed by atoms with E-state index in [0.717, 1.165) is 13.0 Å². The molecule has 1 aromatic heterocycles. The molecule has 2 N–H and O–H groups in total. The quantitative estimate of drug-likeness (QED) is 0.484. The summed E-state index contributed by atoms with van der Waals surface area (Å²) >= 11 is 0. The fourth-order valence-corrected chi connectivity index (χ4v) is 4.93. The van der Waals surface area contributed by atoms with E-state index in [1.807, 2.05) is 0 Å². The average Bonchev–Trinajstić information content (AvgIpc) is 3.17. The summed E-state index contributed by atoms with van der Waals surface area (Å²) < 4.78 is 26.3. The van der Waals surface area contributed by atoms with Gasteiger partial charge < -0.3 is 19.9 Å². The molecule has 0 radical (unpaired) electrons. The summed E-state index contributed by atoms with van der Waals surface area (Å²) in [6.07, 6.45) is 2.33. The zero-order valence-corrected chi connectivity index (χ0v) is 20.0. The number of hydrogen-bond acceptors (Lipinski definition) is 8. The smallest absolute Gasteiger partial charge is 0.415 e. The van der Waals surface area contributed by atoms with Crippen LogP contribution < -0.4 is 15.0 Å². The Kier molecular flexibility index (Phi) is 5.84. The molecular formula is C25H28FN5O4. The number of aromatic nitrogens is 2. The van der Waals surface area contributed by atoms with Crippen molar-refractivity contribution < 1.29 is 23.8 Å². The molecule has 5 rings (SSSR count). The van der Waals surface area contributed by atoms with Crippen LogP contribution in [0.1, 0.15) is 25.8 Å². The van der Waals surface area contributed by atoms with Gasteiger partial charge in [-0.15, -0.1) is 0 Å². The van der Waals surface area contributed by atoms with Gasteiger partial charge in [-0.05, 0) is 37.6 Å². The van der Waals surface area contributed by atoms with Gasteiger partial charge in [0.25, 0.3) is 0 Å². The van der Waals surface area contributed by atoms with Gasteiger partial charge in [-0.3, -0.25) is 9.80 Å². The molecule has 0 unspecified atom stereocenters. The van der Waals surface area contributed by atoms with Crippen molar-refractivity contribution in [3.63, 3.8) is 0 Å². The Morgan fingerprint density at radius 2 is 2.03 bits per heavy atom. The number of halogens is 1. The highest BCUT2D eigenvalue weighted by Gasteiger charge is 2.54. The topological polar surface area (TPSA) is 100 Å². The Morgan fingerprint density at radius 3 is 2.74 bits per heavy atom. The summed E-state index contributed by atoms with van der Waals surface area (Å²) in [4.78, 5) is 25.4. The number of fused-ring (bicyclic) bond motifs is 1. The third-order valence-electron chi connectivity index (χ3n) is 6.59. The predicted molar refractivity (Wildman–Crippen MR) is 130 cm³/mol. The Hall–Kier alpha value is -3.66. The highest BCUT2D eigenvalue weighted by molar-refractivity contribution is 6.00. The zero-order chi connectivity index (χ0) is 24.7. The maximum absolute atomic E-state index is 15.0. The molecule has 0 aliphatic carbocycles. The molecule has 2 aromatic carbocycles. The van der Waals surface area contributed by atoms with Crippen molar-refractivity contribution in [3.8, 4) is 11.5 Å². The number of benzene rings is 2. The van der Waals surface area contributed by atoms with Crippen LogP contribution in [-0.2, 0) is 11.2 Å². The van der Waals surface area contributed by atoms with E-state index in [1.54, 1.807) is 24.0 Å². The van der Waals surface area contributed by atoms with E-state index >= 15 is 0 Å². The molecule has 9 nitrogen and oxygen atoms in total. The van der Waals surface area contributed by atoms with Crippen LogP contribution in [0.2, 0.25) is 0 Å². The normalized spacial score (nSPS) is 17.0. The SMILES string of the molecule is CCCN1CC2(C1)CN(c1cc3c(Nc4ccc(O)c(CC)c4F)ncnc3cc1OC)C(=O)O2. The van der Waals surface area contributed by atoms with Gasteiger partial charge in [0.15, 0.2) is 11.4 Å². The first-order chi connectivity index (χ1) is 16.9. The van der Waals surface area contributed by atoms with Crippen LogP contribution in [-0.4, -0.2) is 65.0 Å². The third-order valence-corrected chi connectivity index (χ3v) is 6.59. The molecule has 2 saturated heterocycles. The van der Waals surface area contributed by atoms with Gasteiger partial charge in [-0.1, -0.05) is 13.8 Å². The summed E-state index contributed by atoms with van der Waals surface area (Å²) in [5, 5.41) is 13.6. The first-order valence-electron chi connectivity index (χ1n) is 11.7. The summed E-state index contributed by atoms with van der Waals surface area (Å²) in [6.45, 7) is 6.68. The summed E-state index contributed by atoms with van der Waals surface area (Å²) in [7, 11) is 1.53. The summed E-state index contributed by atoms with van der Waals surface area (Å²) in [5.41, 5.74) is 0.985. The minimum Gasteiger partial charge on any atom is -0.508 e. The second kappa shape index (κ2) is 8.84. The van der Waals surface area contributed by atoms with Gasteiger partial charge in [-0.25, -0.2) is 19.2 Å². The highest BCUT2D eigenvalue weighted by Crippen LogP contribution is 2.41. The van der Waals surface area contributed by atoms with Crippen molar-refractivity contribution in [2.75, 3.05) is 43.5 Å². The number of phenolic OH excluding ortho intramolecular Hbond substituents is 1. The minimum absolute atomic E-state index is 0.0925. The second-order valence-electron chi connectivity index (χ2n) is 9.01. The van der Waals surface area contributed by atoms with E-state index < -0.39 is 17.5 Å². The van der Waals surface area contributed by atoms with Gasteiger partial charge in [0.2, 0.25) is 0 Å². The summed E-state index contributed by atoms with van der Waals surface area (Å²) in [5.74, 6) is 0.209. The number of carbonyl (C=O) groups excluding carboxylic acids is 1. The van der Waals surface area contributed by atoms with Crippen molar-refractivity contribution in [2.24, 2.45) is 0 Å². The van der Waals surface area contributed by atoms with Crippen LogP contribution in [0.5, 0.6) is 11.5 Å². The largest absolute Gasteiger partial charge is 0.508 e. The first-order valence-corrected chi connectivity index (χ1v) is 11.7. The third kappa shape index (κ3) is 3.97. The van der Waals surface area contributed by atoms with Gasteiger partial charge in [0.1, 0.15) is 23.6 Å². The molecular weight excluding hydrogens is 453 g/mol. The van der Waals surface area contributed by atoms with Gasteiger partial charge >= 0.3 is 6.09 Å². The lowest BCUT2D eigenvalue weighted by molar-refractivity contribution is -0.0720. The second-order valence-corrected chi connectivity index (χ2v) is 9.01. The zero-order valence-electron chi connectivity index (χ0n) is 20.0. The van der Waals surface area contributed by atoms with Crippen molar-refractivity contribution in [2.45, 2.75) is 32.3 Å². The van der Waals surface area contributed by atoms with Crippen LogP contribution in [0.4, 0.5) is 26.4 Å². The Bertz CT molecular complexity index is 1290. The molecule has 3 heterocycles. The molecule has 3 aromatic rings. The Morgan fingerprint density at radius 1 is 1.23 bits per heavy atom. The maximum atomic E-state index is 15.0. The van der Waals surface area contributed by atoms with Crippen molar-refractivity contribution in [1.29, 1.82) is 0 Å². The number of nitrogens with one attached hydrogen (secondary N) is 1. The number of likely N-dealkylation sites (tertiary alicyclic amines) is 1. The number of phenols is 1. The predicted octanol–water partition coefficient (Wildman–Crippen LogP) is 4.21. The maximum Gasteiger partial charge on any atom is 0.415 e. The van der Waals surface area contributed by atoms with E-state index in [0.29, 0.717) is 54.2 Å². The lowest BCUT2D eigenvalue weighted by Crippen LogP contribution is -2.63. The van der Waals surface area contributed by atoms with Crippen molar-refractivity contribution >= 4 is 34.2 Å². The van der Waals surface area contributed by atoms with Crippen LogP contribution in [0.15, 0.2) is 30.6 Å². The fraction of sp³-hybridized carbons (Fsp3) is 0.400. The number of rotatable bonds is 7. The Labute approximate surface area is 202 Å². The number of carbonyl (C=O) groups is 1. The first kappa shape index (κ1) is 23.1. The number of amides is 1. The van der Waals surface area contributed by atoms with E-state index in [9.17, 15) is 14.3 Å². The summed E-state index contributed by atoms with van der Waals surface area (Å²) in [6, 6.07) is 6.40. The van der Waals surface area contributed by atoms with Crippen molar-refractivity contribution in [3.05, 3.63) is 42.0 Å². The lowest BCUT2D eigenvalue weighted by atomic mass is 9.93. The number of methoxy groups -OCH3 is 1. The average molecular weight is 482 g/mol. The number of hydrogen-bond donors (Lipinski definition) is 2. The number of ether oxygens (including phenoxy) is 2. The molecule has 10 heteroatoms. The van der Waals surface area contributed by atoms with Gasteiger partial charge in [0.05, 0.1) is 30.5 Å². The molecule has 1 amide bonds. The Balaban J connectivity index is 1.51. The lowest BCUT2D eigenvalue weighted by Gasteiger charge is -2.45. The van der Waals surface area contributed by atoms with E-state index in [4.69, 9.17) is 9.47 Å². The van der Waals surface area contributed by atoms with E-state index in [2.05, 4.69) is 27.1 Å². The van der Waals surface area contributed by atoms with Crippen molar-refractivity contribution in [1.82, 2.24) is 14.9 Å². The van der Waals surface area contributed by atoms with E-state index in [-0.39, 0.29) is 17.0 Å². The molecule has 0 saturated carbocycles. The number of anilines is 3. The van der Waals surface area contributed by atoms with Gasteiger partial charge in [0, 0.05) is 30.1 Å². The van der Waals surface area contributed by atoms with Crippen LogP contribution in [0.3, 0.4) is 0 Å². The van der Waals surface area contributed by atoms with E-state index in [1.165, 1.54) is 25.6 Å². The standard InChI is InChI=1S/C25H28FN5O4/c1-4-8-30-11-25(12-30)13-31(24(33)35-25)19-9-16-18(10-21(19)34-3)27-14-28-23(16)29-17-6-7-20(32)15(5-2)22(17)26/h6-7,9-10,14,32H,4-5,8,11-13H2,1-3H3,(H,27,28,29).